The van der Waals surface area contributed by atoms with E-state index in [1.165, 1.54) is 23.5 Å². The molecule has 1 atom stereocenters. The van der Waals surface area contributed by atoms with Gasteiger partial charge in [-0.2, -0.15) is 4.31 Å². The molecule has 0 aliphatic heterocycles. The van der Waals surface area contributed by atoms with Crippen molar-refractivity contribution in [1.82, 2.24) is 9.21 Å². The fraction of sp³-hybridized carbons (Fsp3) is 0.611. The van der Waals surface area contributed by atoms with Crippen molar-refractivity contribution in [3.05, 3.63) is 29.8 Å². The molecule has 0 heterocycles. The summed E-state index contributed by atoms with van der Waals surface area (Å²) >= 11 is 0. The molecular formula is C18H31N3O3S. The quantitative estimate of drug-likeness (QED) is 0.761. The van der Waals surface area contributed by atoms with Gasteiger partial charge in [0, 0.05) is 38.3 Å². The minimum Gasteiger partial charge on any atom is -0.342 e. The Labute approximate surface area is 152 Å². The topological polar surface area (TPSA) is 83.7 Å². The van der Waals surface area contributed by atoms with Gasteiger partial charge in [0.05, 0.1) is 4.90 Å². The zero-order valence-electron chi connectivity index (χ0n) is 16.1. The number of carbonyl (C=O) groups excluding carboxylic acids is 1. The number of sulfonamides is 1. The molecule has 1 amide bonds. The van der Waals surface area contributed by atoms with Crippen molar-refractivity contribution in [3.8, 4) is 0 Å². The second-order valence-corrected chi connectivity index (χ2v) is 9.06. The summed E-state index contributed by atoms with van der Waals surface area (Å²) in [5.41, 5.74) is 6.38. The maximum atomic E-state index is 12.6. The normalized spacial score (nSPS) is 13.5. The third kappa shape index (κ3) is 5.52. The summed E-state index contributed by atoms with van der Waals surface area (Å²) in [6.07, 6.45) is 0.702. The first kappa shape index (κ1) is 21.6. The molecule has 0 aliphatic carbocycles. The Bertz CT molecular complexity index is 687. The van der Waals surface area contributed by atoms with Crippen LogP contribution >= 0.6 is 0 Å². The number of hydrogen-bond acceptors (Lipinski definition) is 4. The van der Waals surface area contributed by atoms with Gasteiger partial charge in [0.1, 0.15) is 0 Å². The standard InChI is InChI=1S/C18H31N3O3S/c1-13(2)17(19)10-11-20(5)18(22)15-8-7-9-16(12-15)25(23,24)21(6)14(3)4/h7-9,12-14,17H,10-11,19H2,1-6H3. The van der Waals surface area contributed by atoms with Gasteiger partial charge < -0.3 is 10.6 Å². The first-order chi connectivity index (χ1) is 11.5. The van der Waals surface area contributed by atoms with Crippen LogP contribution in [0.5, 0.6) is 0 Å². The summed E-state index contributed by atoms with van der Waals surface area (Å²) in [6.45, 7) is 8.23. The van der Waals surface area contributed by atoms with Crippen molar-refractivity contribution in [2.45, 2.75) is 51.1 Å². The molecular weight excluding hydrogens is 338 g/mol. The first-order valence-electron chi connectivity index (χ1n) is 8.57. The van der Waals surface area contributed by atoms with E-state index in [9.17, 15) is 13.2 Å². The van der Waals surface area contributed by atoms with Crippen molar-refractivity contribution >= 4 is 15.9 Å². The number of rotatable bonds is 8. The third-order valence-electron chi connectivity index (χ3n) is 4.49. The van der Waals surface area contributed by atoms with Gasteiger partial charge in [-0.15, -0.1) is 0 Å². The minimum absolute atomic E-state index is 0.0293. The van der Waals surface area contributed by atoms with E-state index >= 15 is 0 Å². The maximum absolute atomic E-state index is 12.6. The number of carbonyl (C=O) groups is 1. The van der Waals surface area contributed by atoms with Gasteiger partial charge in [0.25, 0.3) is 5.91 Å². The SMILES string of the molecule is CC(C)C(N)CCN(C)C(=O)c1cccc(S(=O)(=O)N(C)C(C)C)c1. The predicted octanol–water partition coefficient (Wildman–Crippen LogP) is 2.16. The molecule has 0 saturated carbocycles. The van der Waals surface area contributed by atoms with Crippen molar-refractivity contribution in [1.29, 1.82) is 0 Å². The maximum Gasteiger partial charge on any atom is 0.253 e. The van der Waals surface area contributed by atoms with Gasteiger partial charge >= 0.3 is 0 Å². The van der Waals surface area contributed by atoms with Crippen LogP contribution in [0.3, 0.4) is 0 Å². The van der Waals surface area contributed by atoms with Gasteiger partial charge in [-0.05, 0) is 44.4 Å². The fourth-order valence-electron chi connectivity index (χ4n) is 2.23. The highest BCUT2D eigenvalue weighted by Gasteiger charge is 2.24. The van der Waals surface area contributed by atoms with E-state index in [0.717, 1.165) is 0 Å². The van der Waals surface area contributed by atoms with E-state index in [1.54, 1.807) is 37.9 Å². The zero-order chi connectivity index (χ0) is 19.4. The van der Waals surface area contributed by atoms with Crippen LogP contribution in [0.15, 0.2) is 29.2 Å². The molecule has 6 nitrogen and oxygen atoms in total. The molecule has 25 heavy (non-hydrogen) atoms. The number of amides is 1. The molecule has 1 aromatic rings. The van der Waals surface area contributed by atoms with Gasteiger partial charge in [0.2, 0.25) is 10.0 Å². The lowest BCUT2D eigenvalue weighted by Gasteiger charge is -2.23. The summed E-state index contributed by atoms with van der Waals surface area (Å²) in [5, 5.41) is 0. The highest BCUT2D eigenvalue weighted by Crippen LogP contribution is 2.18. The average molecular weight is 370 g/mol. The number of hydrogen-bond donors (Lipinski definition) is 1. The zero-order valence-corrected chi connectivity index (χ0v) is 16.9. The van der Waals surface area contributed by atoms with E-state index in [0.29, 0.717) is 24.4 Å². The molecule has 1 rings (SSSR count). The van der Waals surface area contributed by atoms with E-state index in [4.69, 9.17) is 5.73 Å². The number of nitrogens with two attached hydrogens (primary N) is 1. The Hall–Kier alpha value is -1.44. The Kier molecular flexibility index (Phi) is 7.59. The largest absolute Gasteiger partial charge is 0.342 e. The van der Waals surface area contributed by atoms with Crippen LogP contribution in [0.2, 0.25) is 0 Å². The number of nitrogens with zero attached hydrogens (tertiary/aromatic N) is 2. The summed E-state index contributed by atoms with van der Waals surface area (Å²) in [6, 6.07) is 6.05. The van der Waals surface area contributed by atoms with Gasteiger partial charge in [-0.3, -0.25) is 4.79 Å². The molecule has 0 aromatic heterocycles. The van der Waals surface area contributed by atoms with Crippen LogP contribution in [0.25, 0.3) is 0 Å². The molecule has 0 bridgehead atoms. The van der Waals surface area contributed by atoms with Gasteiger partial charge in [0.15, 0.2) is 0 Å². The molecule has 1 aromatic carbocycles. The summed E-state index contributed by atoms with van der Waals surface area (Å²) < 4.78 is 26.5. The van der Waals surface area contributed by atoms with Crippen LogP contribution in [-0.4, -0.2) is 56.3 Å². The lowest BCUT2D eigenvalue weighted by atomic mass is 10.0. The highest BCUT2D eigenvalue weighted by atomic mass is 32.2. The van der Waals surface area contributed by atoms with Crippen LogP contribution in [-0.2, 0) is 10.0 Å². The Morgan fingerprint density at radius 2 is 1.76 bits per heavy atom. The Morgan fingerprint density at radius 1 is 1.16 bits per heavy atom. The Morgan fingerprint density at radius 3 is 2.28 bits per heavy atom. The average Bonchev–Trinajstić information content (AvgIpc) is 2.57. The lowest BCUT2D eigenvalue weighted by Crippen LogP contribution is -2.35. The van der Waals surface area contributed by atoms with Crippen LogP contribution < -0.4 is 5.73 Å². The van der Waals surface area contributed by atoms with Gasteiger partial charge in [-0.1, -0.05) is 19.9 Å². The van der Waals surface area contributed by atoms with Crippen LogP contribution in [0.1, 0.15) is 44.5 Å². The van der Waals surface area contributed by atoms with Gasteiger partial charge in [-0.25, -0.2) is 8.42 Å². The Balaban J connectivity index is 2.95. The van der Waals surface area contributed by atoms with Crippen LogP contribution in [0, 0.1) is 5.92 Å². The fourth-order valence-corrected chi connectivity index (χ4v) is 3.65. The predicted molar refractivity (Wildman–Crippen MR) is 101 cm³/mol. The summed E-state index contributed by atoms with van der Waals surface area (Å²) in [4.78, 5) is 14.3. The lowest BCUT2D eigenvalue weighted by molar-refractivity contribution is 0.0789. The van der Waals surface area contributed by atoms with E-state index in [-0.39, 0.29) is 22.9 Å². The molecule has 1 unspecified atom stereocenters. The third-order valence-corrected chi connectivity index (χ3v) is 6.52. The molecule has 7 heteroatoms. The van der Waals surface area contributed by atoms with Crippen LogP contribution in [0.4, 0.5) is 0 Å². The van der Waals surface area contributed by atoms with Crippen molar-refractivity contribution in [3.63, 3.8) is 0 Å². The van der Waals surface area contributed by atoms with E-state index in [1.807, 2.05) is 13.8 Å². The van der Waals surface area contributed by atoms with Crippen molar-refractivity contribution in [2.75, 3.05) is 20.6 Å². The summed E-state index contributed by atoms with van der Waals surface area (Å²) in [7, 11) is -0.374. The van der Waals surface area contributed by atoms with Crippen molar-refractivity contribution < 1.29 is 13.2 Å². The molecule has 0 aliphatic rings. The summed E-state index contributed by atoms with van der Waals surface area (Å²) in [5.74, 6) is 0.142. The van der Waals surface area contributed by atoms with E-state index < -0.39 is 10.0 Å². The van der Waals surface area contributed by atoms with E-state index in [2.05, 4.69) is 0 Å². The highest BCUT2D eigenvalue weighted by molar-refractivity contribution is 7.89. The molecule has 0 saturated heterocycles. The molecule has 0 spiro atoms. The number of benzene rings is 1. The monoisotopic (exact) mass is 369 g/mol. The minimum atomic E-state index is -3.61. The molecule has 142 valence electrons. The smallest absolute Gasteiger partial charge is 0.253 e. The molecule has 0 radical (unpaired) electrons. The molecule has 0 fully saturated rings. The van der Waals surface area contributed by atoms with Crippen molar-refractivity contribution in [2.24, 2.45) is 11.7 Å². The first-order valence-corrected chi connectivity index (χ1v) is 10.0. The molecule has 2 N–H and O–H groups in total. The second-order valence-electron chi connectivity index (χ2n) is 7.07. The second kappa shape index (κ2) is 8.78.